The highest BCUT2D eigenvalue weighted by Gasteiger charge is 2.25. The first-order valence-corrected chi connectivity index (χ1v) is 12.6. The number of carbonyl (C=O) groups is 1. The Hall–Kier alpha value is -3.29. The van der Waals surface area contributed by atoms with Crippen molar-refractivity contribution in [3.63, 3.8) is 0 Å². The number of likely N-dealkylation sites (tertiary alicyclic amines) is 1. The van der Waals surface area contributed by atoms with Gasteiger partial charge in [-0.05, 0) is 87.8 Å². The molecule has 0 radical (unpaired) electrons. The third-order valence-electron chi connectivity index (χ3n) is 7.73. The maximum absolute atomic E-state index is 13.5. The summed E-state index contributed by atoms with van der Waals surface area (Å²) in [5.41, 5.74) is 7.20. The largest absolute Gasteiger partial charge is 0.346 e. The Morgan fingerprint density at radius 2 is 1.97 bits per heavy atom. The minimum absolute atomic E-state index is 0.0688. The Morgan fingerprint density at radius 1 is 1.06 bits per heavy atom. The molecule has 0 bridgehead atoms. The monoisotopic (exact) mass is 468 g/mol. The van der Waals surface area contributed by atoms with Gasteiger partial charge in [-0.2, -0.15) is 5.10 Å². The Kier molecular flexibility index (Phi) is 5.74. The number of carbonyl (C=O) groups excluding carboxylic acids is 1. The molecule has 1 saturated heterocycles. The molecule has 4 aromatic rings. The number of H-pyrrole nitrogens is 1. The van der Waals surface area contributed by atoms with Gasteiger partial charge in [0, 0.05) is 48.5 Å². The zero-order valence-corrected chi connectivity index (χ0v) is 20.5. The van der Waals surface area contributed by atoms with Crippen molar-refractivity contribution in [1.82, 2.24) is 29.4 Å². The lowest BCUT2D eigenvalue weighted by Crippen LogP contribution is -2.23. The van der Waals surface area contributed by atoms with E-state index >= 15 is 0 Å². The van der Waals surface area contributed by atoms with Gasteiger partial charge in [-0.3, -0.25) is 4.79 Å². The molecule has 0 aromatic carbocycles. The molecule has 0 aliphatic carbocycles. The van der Waals surface area contributed by atoms with Gasteiger partial charge in [0.15, 0.2) is 5.78 Å². The topological polar surface area (TPSA) is 69.5 Å². The van der Waals surface area contributed by atoms with Crippen LogP contribution in [0.2, 0.25) is 0 Å². The van der Waals surface area contributed by atoms with E-state index in [0.29, 0.717) is 0 Å². The highest BCUT2D eigenvalue weighted by atomic mass is 16.1. The van der Waals surface area contributed by atoms with Crippen LogP contribution in [0.1, 0.15) is 41.6 Å². The zero-order chi connectivity index (χ0) is 23.9. The average molecular weight is 469 g/mol. The standard InChI is InChI=1S/C28H32N6O/c1-32-9-3-4-20(7-12-32)27(35)25-18-31-34-13-8-21(15-26(25)34)24-17-30-28-23(24)14-22(16-29-28)19-5-10-33(2)11-6-19/h5,8,13-18,20H,3-4,6-7,9-12H2,1-2H3,(H,29,30). The molecule has 2 aliphatic heterocycles. The SMILES string of the molecule is CN1CC=C(c2cnc3[nH]cc(-c4ccn5ncc(C(=O)C6CCCN(C)CC6)c5c4)c3c2)CC1. The van der Waals surface area contributed by atoms with Crippen molar-refractivity contribution in [2.45, 2.75) is 25.7 Å². The van der Waals surface area contributed by atoms with E-state index in [-0.39, 0.29) is 11.7 Å². The summed E-state index contributed by atoms with van der Waals surface area (Å²) in [5, 5.41) is 5.60. The Bertz CT molecular complexity index is 1430. The maximum Gasteiger partial charge on any atom is 0.169 e. The average Bonchev–Trinajstić information content (AvgIpc) is 3.43. The van der Waals surface area contributed by atoms with Crippen LogP contribution in [0.3, 0.4) is 0 Å². The Balaban J connectivity index is 1.36. The van der Waals surface area contributed by atoms with Crippen LogP contribution in [-0.4, -0.2) is 75.4 Å². The van der Waals surface area contributed by atoms with Gasteiger partial charge in [-0.1, -0.05) is 6.08 Å². The van der Waals surface area contributed by atoms with E-state index in [2.05, 4.69) is 58.3 Å². The fourth-order valence-electron chi connectivity index (χ4n) is 5.51. The van der Waals surface area contributed by atoms with Crippen LogP contribution in [0.5, 0.6) is 0 Å². The van der Waals surface area contributed by atoms with Crippen LogP contribution >= 0.6 is 0 Å². The number of likely N-dealkylation sites (N-methyl/N-ethyl adjacent to an activating group) is 1. The summed E-state index contributed by atoms with van der Waals surface area (Å²) in [5.74, 6) is 0.295. The summed E-state index contributed by atoms with van der Waals surface area (Å²) in [4.78, 5) is 26.2. The molecule has 35 heavy (non-hydrogen) atoms. The van der Waals surface area contributed by atoms with E-state index in [4.69, 9.17) is 4.98 Å². The summed E-state index contributed by atoms with van der Waals surface area (Å²) < 4.78 is 1.82. The molecule has 180 valence electrons. The number of fused-ring (bicyclic) bond motifs is 2. The van der Waals surface area contributed by atoms with Crippen molar-refractivity contribution in [3.8, 4) is 11.1 Å². The molecule has 1 atom stereocenters. The molecular formula is C28H32N6O. The molecule has 1 fully saturated rings. The lowest BCUT2D eigenvalue weighted by atomic mass is 9.91. The second-order valence-corrected chi connectivity index (χ2v) is 10.2. The minimum atomic E-state index is 0.0688. The van der Waals surface area contributed by atoms with Crippen LogP contribution in [0.15, 0.2) is 49.1 Å². The number of aromatic amines is 1. The number of ketones is 1. The van der Waals surface area contributed by atoms with E-state index < -0.39 is 0 Å². The van der Waals surface area contributed by atoms with Crippen molar-refractivity contribution < 1.29 is 4.79 Å². The van der Waals surface area contributed by atoms with Crippen molar-refractivity contribution in [3.05, 3.63) is 60.2 Å². The summed E-state index contributed by atoms with van der Waals surface area (Å²) >= 11 is 0. The van der Waals surface area contributed by atoms with Crippen molar-refractivity contribution in [2.75, 3.05) is 40.3 Å². The highest BCUT2D eigenvalue weighted by molar-refractivity contribution is 6.04. The quantitative estimate of drug-likeness (QED) is 0.446. The molecule has 6 rings (SSSR count). The maximum atomic E-state index is 13.5. The molecule has 7 nitrogen and oxygen atoms in total. The first kappa shape index (κ1) is 22.2. The van der Waals surface area contributed by atoms with Gasteiger partial charge in [-0.25, -0.2) is 9.50 Å². The highest BCUT2D eigenvalue weighted by Crippen LogP contribution is 2.33. The van der Waals surface area contributed by atoms with E-state index in [9.17, 15) is 4.79 Å². The van der Waals surface area contributed by atoms with Crippen molar-refractivity contribution in [2.24, 2.45) is 5.92 Å². The Morgan fingerprint density at radius 3 is 2.83 bits per heavy atom. The molecule has 1 unspecified atom stereocenters. The molecule has 1 N–H and O–H groups in total. The van der Waals surface area contributed by atoms with Gasteiger partial charge in [0.1, 0.15) is 5.65 Å². The second-order valence-electron chi connectivity index (χ2n) is 10.2. The van der Waals surface area contributed by atoms with Gasteiger partial charge < -0.3 is 14.8 Å². The van der Waals surface area contributed by atoms with E-state index in [1.54, 1.807) is 6.20 Å². The molecule has 4 aromatic heterocycles. The lowest BCUT2D eigenvalue weighted by molar-refractivity contribution is 0.0910. The zero-order valence-electron chi connectivity index (χ0n) is 20.5. The fraction of sp³-hybridized carbons (Fsp3) is 0.393. The van der Waals surface area contributed by atoms with Gasteiger partial charge >= 0.3 is 0 Å². The normalized spacial score (nSPS) is 20.3. The fourth-order valence-corrected chi connectivity index (χ4v) is 5.51. The molecule has 0 spiro atoms. The van der Waals surface area contributed by atoms with Crippen LogP contribution in [0, 0.1) is 5.92 Å². The molecule has 0 amide bonds. The third-order valence-corrected chi connectivity index (χ3v) is 7.73. The first-order valence-electron chi connectivity index (χ1n) is 12.6. The van der Waals surface area contributed by atoms with Gasteiger partial charge in [0.25, 0.3) is 0 Å². The number of pyridine rings is 2. The number of Topliss-reactive ketones (excluding diaryl/α,β-unsaturated/α-hetero) is 1. The summed E-state index contributed by atoms with van der Waals surface area (Å²) in [6, 6.07) is 6.42. The van der Waals surface area contributed by atoms with Crippen LogP contribution in [-0.2, 0) is 0 Å². The first-order chi connectivity index (χ1) is 17.1. The molecule has 6 heterocycles. The number of hydrogen-bond donors (Lipinski definition) is 1. The second kappa shape index (κ2) is 9.06. The molecule has 7 heteroatoms. The van der Waals surface area contributed by atoms with Crippen LogP contribution < -0.4 is 0 Å². The van der Waals surface area contributed by atoms with Crippen LogP contribution in [0.25, 0.3) is 33.3 Å². The van der Waals surface area contributed by atoms with Gasteiger partial charge in [0.05, 0.1) is 17.3 Å². The van der Waals surface area contributed by atoms with Gasteiger partial charge in [-0.15, -0.1) is 0 Å². The number of nitrogens with zero attached hydrogens (tertiary/aromatic N) is 5. The van der Waals surface area contributed by atoms with E-state index in [1.165, 1.54) is 11.1 Å². The summed E-state index contributed by atoms with van der Waals surface area (Å²) in [6.07, 6.45) is 14.0. The number of aromatic nitrogens is 4. The molecule has 2 aliphatic rings. The predicted octanol–water partition coefficient (Wildman–Crippen LogP) is 4.51. The third kappa shape index (κ3) is 4.19. The lowest BCUT2D eigenvalue weighted by Gasteiger charge is -2.22. The summed E-state index contributed by atoms with van der Waals surface area (Å²) in [7, 11) is 4.29. The van der Waals surface area contributed by atoms with Gasteiger partial charge in [0.2, 0.25) is 0 Å². The molecule has 0 saturated carbocycles. The van der Waals surface area contributed by atoms with Crippen LogP contribution in [0.4, 0.5) is 0 Å². The van der Waals surface area contributed by atoms with E-state index in [1.807, 2.05) is 23.1 Å². The van der Waals surface area contributed by atoms with Crippen molar-refractivity contribution >= 4 is 27.9 Å². The van der Waals surface area contributed by atoms with E-state index in [0.717, 1.165) is 85.1 Å². The Labute approximate surface area is 205 Å². The number of hydrogen-bond acceptors (Lipinski definition) is 5. The number of nitrogens with one attached hydrogen (secondary N) is 1. The van der Waals surface area contributed by atoms with Crippen molar-refractivity contribution in [1.29, 1.82) is 0 Å². The number of rotatable bonds is 4. The smallest absolute Gasteiger partial charge is 0.169 e. The predicted molar refractivity (Wildman–Crippen MR) is 140 cm³/mol. The summed E-state index contributed by atoms with van der Waals surface area (Å²) in [6.45, 7) is 4.07. The molecular weight excluding hydrogens is 436 g/mol. The minimum Gasteiger partial charge on any atom is -0.346 e.